The number of aryl methyl sites for hydroxylation is 1. The fourth-order valence-electron chi connectivity index (χ4n) is 2.39. The molecule has 24 heavy (non-hydrogen) atoms. The Hall–Kier alpha value is -1.56. The van der Waals surface area contributed by atoms with Crippen LogP contribution in [0.3, 0.4) is 0 Å². The molecular formula is C18H14BrClO3S. The summed E-state index contributed by atoms with van der Waals surface area (Å²) in [5.74, 6) is 0.998. The Bertz CT molecular complexity index is 903. The maximum absolute atomic E-state index is 12.2. The van der Waals surface area contributed by atoms with Gasteiger partial charge in [0.2, 0.25) is 0 Å². The third-order valence-corrected chi connectivity index (χ3v) is 5.38. The zero-order valence-electron chi connectivity index (χ0n) is 13.1. The largest absolute Gasteiger partial charge is 0.462 e. The van der Waals surface area contributed by atoms with Gasteiger partial charge in [-0.1, -0.05) is 11.6 Å². The summed E-state index contributed by atoms with van der Waals surface area (Å²) in [6.45, 7) is 4.07. The summed E-state index contributed by atoms with van der Waals surface area (Å²) in [5, 5.41) is 1.48. The van der Waals surface area contributed by atoms with Crippen LogP contribution in [0.5, 0.6) is 11.5 Å². The number of carbonyl (C=O) groups excluding carboxylic acids is 1. The van der Waals surface area contributed by atoms with Gasteiger partial charge >= 0.3 is 5.97 Å². The van der Waals surface area contributed by atoms with Gasteiger partial charge in [0, 0.05) is 20.0 Å². The second kappa shape index (κ2) is 7.13. The second-order valence-corrected chi connectivity index (χ2v) is 7.64. The van der Waals surface area contributed by atoms with Crippen molar-refractivity contribution in [2.24, 2.45) is 0 Å². The molecule has 1 heterocycles. The number of ether oxygens (including phenoxy) is 2. The summed E-state index contributed by atoms with van der Waals surface area (Å²) in [7, 11) is 0. The SMILES string of the molecule is CCOC(=O)c1c(C)sc2cc(Br)c(Oc3ccc(Cl)cc3)cc12. The number of benzene rings is 2. The Balaban J connectivity index is 2.05. The monoisotopic (exact) mass is 424 g/mol. The highest BCUT2D eigenvalue weighted by Gasteiger charge is 2.19. The lowest BCUT2D eigenvalue weighted by Gasteiger charge is -2.09. The highest BCUT2D eigenvalue weighted by molar-refractivity contribution is 9.10. The molecule has 0 aliphatic carbocycles. The minimum absolute atomic E-state index is 0.305. The van der Waals surface area contributed by atoms with Crippen LogP contribution < -0.4 is 4.74 Å². The molecule has 124 valence electrons. The lowest BCUT2D eigenvalue weighted by Crippen LogP contribution is -2.05. The molecule has 3 aromatic rings. The van der Waals surface area contributed by atoms with E-state index in [9.17, 15) is 4.79 Å². The van der Waals surface area contributed by atoms with E-state index in [-0.39, 0.29) is 5.97 Å². The third-order valence-electron chi connectivity index (χ3n) is 3.44. The average Bonchev–Trinajstić information content (AvgIpc) is 2.85. The molecule has 3 rings (SSSR count). The zero-order valence-corrected chi connectivity index (χ0v) is 16.2. The van der Waals surface area contributed by atoms with Crippen LogP contribution in [0.25, 0.3) is 10.1 Å². The topological polar surface area (TPSA) is 35.5 Å². The first kappa shape index (κ1) is 17.3. The van der Waals surface area contributed by atoms with E-state index in [2.05, 4.69) is 15.9 Å². The first-order chi connectivity index (χ1) is 11.5. The van der Waals surface area contributed by atoms with Crippen molar-refractivity contribution in [1.82, 2.24) is 0 Å². The maximum Gasteiger partial charge on any atom is 0.339 e. The summed E-state index contributed by atoms with van der Waals surface area (Å²) in [6, 6.07) is 10.9. The minimum Gasteiger partial charge on any atom is -0.462 e. The standard InChI is InChI=1S/C18H14BrClO3S/c1-3-22-18(21)17-10(2)24-16-9-14(19)15(8-13(16)17)23-12-6-4-11(20)5-7-12/h4-9H,3H2,1-2H3. The Kier molecular flexibility index (Phi) is 5.13. The smallest absolute Gasteiger partial charge is 0.339 e. The van der Waals surface area contributed by atoms with Gasteiger partial charge < -0.3 is 9.47 Å². The van der Waals surface area contributed by atoms with Gasteiger partial charge in [-0.05, 0) is 66.2 Å². The predicted molar refractivity (Wildman–Crippen MR) is 102 cm³/mol. The Morgan fingerprint density at radius 2 is 1.96 bits per heavy atom. The van der Waals surface area contributed by atoms with Crippen LogP contribution in [0, 0.1) is 6.92 Å². The van der Waals surface area contributed by atoms with Crippen molar-refractivity contribution in [2.45, 2.75) is 13.8 Å². The van der Waals surface area contributed by atoms with Gasteiger partial charge in [0.25, 0.3) is 0 Å². The molecule has 6 heteroatoms. The van der Waals surface area contributed by atoms with E-state index in [4.69, 9.17) is 21.1 Å². The van der Waals surface area contributed by atoms with Gasteiger partial charge in [0.05, 0.1) is 16.6 Å². The second-order valence-electron chi connectivity index (χ2n) is 5.09. The van der Waals surface area contributed by atoms with Crippen LogP contribution in [-0.4, -0.2) is 12.6 Å². The van der Waals surface area contributed by atoms with E-state index in [1.165, 1.54) is 0 Å². The summed E-state index contributed by atoms with van der Waals surface area (Å²) in [6.07, 6.45) is 0. The van der Waals surface area contributed by atoms with Crippen LogP contribution >= 0.6 is 38.9 Å². The van der Waals surface area contributed by atoms with Crippen LogP contribution in [0.15, 0.2) is 40.9 Å². The lowest BCUT2D eigenvalue weighted by atomic mass is 10.1. The number of carbonyl (C=O) groups is 1. The molecule has 0 fully saturated rings. The van der Waals surface area contributed by atoms with Gasteiger partial charge in [0.15, 0.2) is 0 Å². The molecule has 0 radical (unpaired) electrons. The van der Waals surface area contributed by atoms with Crippen molar-refractivity contribution < 1.29 is 14.3 Å². The fourth-order valence-corrected chi connectivity index (χ4v) is 4.16. The van der Waals surface area contributed by atoms with E-state index in [0.29, 0.717) is 28.7 Å². The van der Waals surface area contributed by atoms with Crippen molar-refractivity contribution in [1.29, 1.82) is 0 Å². The fraction of sp³-hybridized carbons (Fsp3) is 0.167. The molecule has 0 unspecified atom stereocenters. The van der Waals surface area contributed by atoms with E-state index in [1.54, 1.807) is 42.5 Å². The van der Waals surface area contributed by atoms with E-state index in [0.717, 1.165) is 19.4 Å². The van der Waals surface area contributed by atoms with Crippen LogP contribution in [0.4, 0.5) is 0 Å². The third kappa shape index (κ3) is 3.43. The summed E-state index contributed by atoms with van der Waals surface area (Å²) >= 11 is 11.0. The van der Waals surface area contributed by atoms with Gasteiger partial charge in [-0.25, -0.2) is 4.79 Å². The highest BCUT2D eigenvalue weighted by atomic mass is 79.9. The van der Waals surface area contributed by atoms with Crippen molar-refractivity contribution in [2.75, 3.05) is 6.61 Å². The van der Waals surface area contributed by atoms with Crippen LogP contribution in [0.2, 0.25) is 5.02 Å². The first-order valence-corrected chi connectivity index (χ1v) is 9.31. The van der Waals surface area contributed by atoms with Crippen LogP contribution in [-0.2, 0) is 4.74 Å². The molecule has 0 saturated heterocycles. The molecule has 0 N–H and O–H groups in total. The Labute approximate surface area is 157 Å². The van der Waals surface area contributed by atoms with Crippen molar-refractivity contribution in [3.8, 4) is 11.5 Å². The van der Waals surface area contributed by atoms with Gasteiger partial charge in [-0.3, -0.25) is 0 Å². The molecule has 0 aliphatic rings. The number of hydrogen-bond acceptors (Lipinski definition) is 4. The predicted octanol–water partition coefficient (Wildman–Crippen LogP) is 6.59. The van der Waals surface area contributed by atoms with E-state index in [1.807, 2.05) is 19.1 Å². The molecule has 0 atom stereocenters. The number of halogens is 2. The zero-order chi connectivity index (χ0) is 17.3. The molecule has 0 spiro atoms. The molecule has 0 bridgehead atoms. The molecule has 2 aromatic carbocycles. The Morgan fingerprint density at radius 1 is 1.25 bits per heavy atom. The van der Waals surface area contributed by atoms with Crippen molar-refractivity contribution in [3.05, 3.63) is 56.3 Å². The molecule has 0 amide bonds. The summed E-state index contributed by atoms with van der Waals surface area (Å²) < 4.78 is 12.9. The molecular weight excluding hydrogens is 412 g/mol. The molecule has 3 nitrogen and oxygen atoms in total. The maximum atomic E-state index is 12.2. The highest BCUT2D eigenvalue weighted by Crippen LogP contribution is 2.39. The van der Waals surface area contributed by atoms with Gasteiger partial charge in [-0.2, -0.15) is 0 Å². The normalized spacial score (nSPS) is 10.8. The number of thiophene rings is 1. The Morgan fingerprint density at radius 3 is 2.62 bits per heavy atom. The lowest BCUT2D eigenvalue weighted by molar-refractivity contribution is 0.0528. The van der Waals surface area contributed by atoms with E-state index < -0.39 is 0 Å². The summed E-state index contributed by atoms with van der Waals surface area (Å²) in [4.78, 5) is 13.2. The van der Waals surface area contributed by atoms with E-state index >= 15 is 0 Å². The average molecular weight is 426 g/mol. The minimum atomic E-state index is -0.305. The van der Waals surface area contributed by atoms with Crippen molar-refractivity contribution in [3.63, 3.8) is 0 Å². The van der Waals surface area contributed by atoms with Crippen LogP contribution in [0.1, 0.15) is 22.2 Å². The number of fused-ring (bicyclic) bond motifs is 1. The van der Waals surface area contributed by atoms with Crippen molar-refractivity contribution >= 4 is 54.9 Å². The summed E-state index contributed by atoms with van der Waals surface area (Å²) in [5.41, 5.74) is 0.602. The van der Waals surface area contributed by atoms with Gasteiger partial charge in [-0.15, -0.1) is 11.3 Å². The van der Waals surface area contributed by atoms with Gasteiger partial charge in [0.1, 0.15) is 11.5 Å². The quantitative estimate of drug-likeness (QED) is 0.442. The first-order valence-electron chi connectivity index (χ1n) is 7.32. The molecule has 1 aromatic heterocycles. The molecule has 0 aliphatic heterocycles. The molecule has 0 saturated carbocycles. The number of rotatable bonds is 4. The number of esters is 1. The number of hydrogen-bond donors (Lipinski definition) is 0.